The molecule has 0 aliphatic rings. The number of methoxy groups -OCH3 is 1. The highest BCUT2D eigenvalue weighted by atomic mass is 32.2. The van der Waals surface area contributed by atoms with Crippen LogP contribution in [0.3, 0.4) is 0 Å². The number of nitrogens with one attached hydrogen (secondary N) is 1. The molecule has 2 heterocycles. The second-order valence-corrected chi connectivity index (χ2v) is 6.08. The van der Waals surface area contributed by atoms with Crippen molar-refractivity contribution in [3.63, 3.8) is 0 Å². The van der Waals surface area contributed by atoms with Crippen LogP contribution in [0.5, 0.6) is 5.75 Å². The number of thiophene rings is 1. The van der Waals surface area contributed by atoms with Crippen LogP contribution < -0.4 is 4.74 Å². The molecule has 102 valence electrons. The van der Waals surface area contributed by atoms with Crippen molar-refractivity contribution in [3.8, 4) is 5.75 Å². The van der Waals surface area contributed by atoms with Crippen LogP contribution in [0, 0.1) is 0 Å². The molecule has 20 heavy (non-hydrogen) atoms. The summed E-state index contributed by atoms with van der Waals surface area (Å²) >= 11 is 2.93. The molecule has 1 aromatic carbocycles. The van der Waals surface area contributed by atoms with Gasteiger partial charge >= 0.3 is 5.97 Å². The number of aromatic amines is 1. The van der Waals surface area contributed by atoms with Crippen LogP contribution in [0.4, 0.5) is 0 Å². The molecule has 0 aliphatic heterocycles. The van der Waals surface area contributed by atoms with Crippen LogP contribution in [-0.2, 0) is 0 Å². The monoisotopic (exact) mass is 305 g/mol. The van der Waals surface area contributed by atoms with Gasteiger partial charge in [-0.3, -0.25) is 0 Å². The molecule has 4 nitrogen and oxygen atoms in total. The quantitative estimate of drug-likeness (QED) is 0.762. The summed E-state index contributed by atoms with van der Waals surface area (Å²) in [7, 11) is 1.61. The van der Waals surface area contributed by atoms with E-state index >= 15 is 0 Å². The smallest absolute Gasteiger partial charge is 0.353 e. The fourth-order valence-corrected chi connectivity index (χ4v) is 3.87. The summed E-state index contributed by atoms with van der Waals surface area (Å²) < 4.78 is 5.19. The second kappa shape index (κ2) is 5.22. The van der Waals surface area contributed by atoms with E-state index in [2.05, 4.69) is 4.98 Å². The standard InChI is InChI=1S/C14H11NO3S2/c1-18-8-3-2-4-9(7-8)20-12-10-5-6-19-13(10)15-11(12)14(16)17/h2-7,15H,1H3,(H,16,17). The third kappa shape index (κ3) is 2.28. The number of hydrogen-bond acceptors (Lipinski definition) is 4. The van der Waals surface area contributed by atoms with E-state index in [0.717, 1.165) is 25.8 Å². The summed E-state index contributed by atoms with van der Waals surface area (Å²) in [5.41, 5.74) is 0.236. The predicted octanol–water partition coefficient (Wildman–Crippen LogP) is 4.09. The van der Waals surface area contributed by atoms with Gasteiger partial charge in [0.15, 0.2) is 0 Å². The molecule has 0 fully saturated rings. The van der Waals surface area contributed by atoms with Crippen LogP contribution in [0.25, 0.3) is 10.2 Å². The molecule has 0 unspecified atom stereocenters. The molecule has 6 heteroatoms. The van der Waals surface area contributed by atoms with Gasteiger partial charge in [0, 0.05) is 10.3 Å². The van der Waals surface area contributed by atoms with Crippen molar-refractivity contribution in [2.75, 3.05) is 7.11 Å². The Labute approximate surface area is 123 Å². The molecule has 0 saturated heterocycles. The molecule has 0 aliphatic carbocycles. The second-order valence-electron chi connectivity index (χ2n) is 4.08. The normalized spacial score (nSPS) is 10.8. The highest BCUT2D eigenvalue weighted by Gasteiger charge is 2.18. The largest absolute Gasteiger partial charge is 0.497 e. The van der Waals surface area contributed by atoms with Crippen molar-refractivity contribution in [2.45, 2.75) is 9.79 Å². The Morgan fingerprint density at radius 3 is 3.00 bits per heavy atom. The number of aromatic nitrogens is 1. The lowest BCUT2D eigenvalue weighted by Gasteiger charge is -2.04. The maximum atomic E-state index is 11.3. The van der Waals surface area contributed by atoms with Crippen molar-refractivity contribution < 1.29 is 14.6 Å². The molecule has 3 aromatic rings. The zero-order chi connectivity index (χ0) is 14.1. The number of carboxylic acid groups (broad SMARTS) is 1. The summed E-state index contributed by atoms with van der Waals surface area (Å²) in [6, 6.07) is 9.51. The molecule has 0 saturated carbocycles. The van der Waals surface area contributed by atoms with Crippen molar-refractivity contribution in [2.24, 2.45) is 0 Å². The summed E-state index contributed by atoms with van der Waals surface area (Å²) in [5, 5.41) is 12.2. The summed E-state index contributed by atoms with van der Waals surface area (Å²) in [4.78, 5) is 16.9. The van der Waals surface area contributed by atoms with E-state index < -0.39 is 5.97 Å². The Morgan fingerprint density at radius 1 is 1.40 bits per heavy atom. The van der Waals surface area contributed by atoms with Crippen LogP contribution in [0.15, 0.2) is 45.5 Å². The van der Waals surface area contributed by atoms with Crippen molar-refractivity contribution >= 4 is 39.3 Å². The number of carboxylic acids is 1. The molecular formula is C14H11NO3S2. The minimum atomic E-state index is -0.946. The number of carbonyl (C=O) groups is 1. The van der Waals surface area contributed by atoms with E-state index in [1.54, 1.807) is 7.11 Å². The number of hydrogen-bond donors (Lipinski definition) is 2. The lowest BCUT2D eigenvalue weighted by molar-refractivity contribution is 0.0688. The van der Waals surface area contributed by atoms with E-state index in [4.69, 9.17) is 4.74 Å². The number of rotatable bonds is 4. The van der Waals surface area contributed by atoms with E-state index in [-0.39, 0.29) is 5.69 Å². The molecule has 0 atom stereocenters. The highest BCUT2D eigenvalue weighted by molar-refractivity contribution is 7.99. The van der Waals surface area contributed by atoms with Gasteiger partial charge in [-0.05, 0) is 29.6 Å². The van der Waals surface area contributed by atoms with Gasteiger partial charge in [0.1, 0.15) is 16.3 Å². The number of aromatic carboxylic acids is 1. The summed E-state index contributed by atoms with van der Waals surface area (Å²) in [6.45, 7) is 0. The molecule has 0 spiro atoms. The Bertz CT molecular complexity index is 776. The van der Waals surface area contributed by atoms with E-state index in [9.17, 15) is 9.90 Å². The van der Waals surface area contributed by atoms with Gasteiger partial charge in [0.2, 0.25) is 0 Å². The molecular weight excluding hydrogens is 294 g/mol. The van der Waals surface area contributed by atoms with Gasteiger partial charge in [0.05, 0.1) is 12.0 Å². The van der Waals surface area contributed by atoms with Gasteiger partial charge in [0.25, 0.3) is 0 Å². The molecule has 3 rings (SSSR count). The fraction of sp³-hybridized carbons (Fsp3) is 0.0714. The van der Waals surface area contributed by atoms with Gasteiger partial charge in [-0.15, -0.1) is 11.3 Å². The highest BCUT2D eigenvalue weighted by Crippen LogP contribution is 2.39. The van der Waals surface area contributed by atoms with E-state index in [0.29, 0.717) is 0 Å². The molecule has 0 radical (unpaired) electrons. The predicted molar refractivity (Wildman–Crippen MR) is 80.3 cm³/mol. The summed E-state index contributed by atoms with van der Waals surface area (Å²) in [5.74, 6) is -0.192. The Balaban J connectivity index is 2.06. The third-order valence-corrected chi connectivity index (χ3v) is 4.80. The van der Waals surface area contributed by atoms with Crippen LogP contribution >= 0.6 is 23.1 Å². The fourth-order valence-electron chi connectivity index (χ4n) is 1.93. The lowest BCUT2D eigenvalue weighted by Crippen LogP contribution is -1.98. The first kappa shape index (κ1) is 13.1. The SMILES string of the molecule is COc1cccc(Sc2c(C(=O)O)[nH]c3sccc23)c1. The van der Waals surface area contributed by atoms with E-state index in [1.807, 2.05) is 35.7 Å². The molecule has 2 aromatic heterocycles. The first-order chi connectivity index (χ1) is 9.69. The Hall–Kier alpha value is -1.92. The van der Waals surface area contributed by atoms with Crippen LogP contribution in [0.1, 0.15) is 10.5 Å². The Morgan fingerprint density at radius 2 is 2.25 bits per heavy atom. The third-order valence-electron chi connectivity index (χ3n) is 2.85. The van der Waals surface area contributed by atoms with Crippen molar-refractivity contribution in [1.29, 1.82) is 0 Å². The Kier molecular flexibility index (Phi) is 3.42. The topological polar surface area (TPSA) is 62.3 Å². The minimum absolute atomic E-state index is 0.236. The number of benzene rings is 1. The average molecular weight is 305 g/mol. The molecule has 0 amide bonds. The van der Waals surface area contributed by atoms with Crippen LogP contribution in [-0.4, -0.2) is 23.2 Å². The van der Waals surface area contributed by atoms with Gasteiger partial charge in [-0.25, -0.2) is 4.79 Å². The zero-order valence-electron chi connectivity index (χ0n) is 10.5. The van der Waals surface area contributed by atoms with Gasteiger partial charge in [-0.2, -0.15) is 0 Å². The maximum Gasteiger partial charge on any atom is 0.353 e. The average Bonchev–Trinajstić information content (AvgIpc) is 3.01. The van der Waals surface area contributed by atoms with Crippen molar-refractivity contribution in [1.82, 2.24) is 4.98 Å². The number of fused-ring (bicyclic) bond motifs is 1. The van der Waals surface area contributed by atoms with Crippen molar-refractivity contribution in [3.05, 3.63) is 41.4 Å². The molecule has 0 bridgehead atoms. The first-order valence-corrected chi connectivity index (χ1v) is 7.53. The van der Waals surface area contributed by atoms with Crippen LogP contribution in [0.2, 0.25) is 0 Å². The van der Waals surface area contributed by atoms with E-state index in [1.165, 1.54) is 23.1 Å². The maximum absolute atomic E-state index is 11.3. The van der Waals surface area contributed by atoms with Gasteiger partial charge in [-0.1, -0.05) is 17.8 Å². The zero-order valence-corrected chi connectivity index (χ0v) is 12.2. The number of ether oxygens (including phenoxy) is 1. The number of H-pyrrole nitrogens is 1. The molecule has 2 N–H and O–H groups in total. The lowest BCUT2D eigenvalue weighted by atomic mass is 10.3. The first-order valence-electron chi connectivity index (χ1n) is 5.83. The van der Waals surface area contributed by atoms with Gasteiger partial charge < -0.3 is 14.8 Å². The summed E-state index contributed by atoms with van der Waals surface area (Å²) in [6.07, 6.45) is 0. The minimum Gasteiger partial charge on any atom is -0.497 e.